The molecule has 0 atom stereocenters. The second kappa shape index (κ2) is 8.60. The largest absolute Gasteiger partial charge is 0.487 e. The first-order valence-corrected chi connectivity index (χ1v) is 9.68. The number of benzene rings is 2. The van der Waals surface area contributed by atoms with Gasteiger partial charge < -0.3 is 10.1 Å². The molecule has 0 bridgehead atoms. The van der Waals surface area contributed by atoms with E-state index in [2.05, 4.69) is 5.32 Å². The van der Waals surface area contributed by atoms with Gasteiger partial charge in [-0.25, -0.2) is 0 Å². The summed E-state index contributed by atoms with van der Waals surface area (Å²) in [6.07, 6.45) is 0. The zero-order valence-electron chi connectivity index (χ0n) is 14.6. The van der Waals surface area contributed by atoms with Crippen molar-refractivity contribution in [3.63, 3.8) is 0 Å². The Morgan fingerprint density at radius 1 is 1.18 bits per heavy atom. The minimum atomic E-state index is -0.552. The summed E-state index contributed by atoms with van der Waals surface area (Å²) in [5, 5.41) is 15.8. The average molecular weight is 437 g/mol. The molecule has 0 aliphatic carbocycles. The van der Waals surface area contributed by atoms with E-state index in [1.807, 2.05) is 24.4 Å². The molecule has 0 aliphatic rings. The maximum atomic E-state index is 12.4. The van der Waals surface area contributed by atoms with Gasteiger partial charge in [0.1, 0.15) is 12.4 Å². The Hall–Kier alpha value is -2.61. The van der Waals surface area contributed by atoms with Crippen LogP contribution in [0, 0.1) is 17.0 Å². The van der Waals surface area contributed by atoms with E-state index < -0.39 is 4.92 Å². The number of non-ortho nitro benzene ring substituents is 1. The molecule has 0 radical (unpaired) electrons. The van der Waals surface area contributed by atoms with Crippen molar-refractivity contribution in [2.45, 2.75) is 13.5 Å². The molecule has 0 saturated carbocycles. The van der Waals surface area contributed by atoms with Crippen LogP contribution in [-0.2, 0) is 6.61 Å². The number of nitro groups is 1. The fourth-order valence-electron chi connectivity index (χ4n) is 2.36. The maximum absolute atomic E-state index is 12.4. The zero-order valence-corrected chi connectivity index (χ0v) is 16.9. The number of anilines is 1. The fourth-order valence-corrected chi connectivity index (χ4v) is 3.54. The van der Waals surface area contributed by atoms with Gasteiger partial charge in [0, 0.05) is 17.7 Å². The van der Waals surface area contributed by atoms with Crippen molar-refractivity contribution in [2.24, 2.45) is 0 Å². The van der Waals surface area contributed by atoms with Crippen molar-refractivity contribution >= 4 is 51.8 Å². The lowest BCUT2D eigenvalue weighted by molar-refractivity contribution is -0.384. The predicted molar refractivity (Wildman–Crippen MR) is 111 cm³/mol. The van der Waals surface area contributed by atoms with Gasteiger partial charge in [0.15, 0.2) is 0 Å². The normalized spacial score (nSPS) is 10.5. The molecule has 1 N–H and O–H groups in total. The molecule has 0 spiro atoms. The third kappa shape index (κ3) is 4.81. The summed E-state index contributed by atoms with van der Waals surface area (Å²) in [5.41, 5.74) is 2.01. The van der Waals surface area contributed by atoms with Gasteiger partial charge in [-0.1, -0.05) is 29.3 Å². The number of ether oxygens (including phenoxy) is 1. The average Bonchev–Trinajstić information content (AvgIpc) is 3.13. The lowest BCUT2D eigenvalue weighted by Gasteiger charge is -2.07. The number of amides is 1. The number of hydrogen-bond donors (Lipinski definition) is 1. The SMILES string of the molecule is Cc1ccc(Cl)c(OCc2csc(C(=O)Nc3ccc([N+](=O)[O-])cc3Cl)c2)c1. The number of thiophene rings is 1. The molecule has 1 aromatic heterocycles. The van der Waals surface area contributed by atoms with Crippen LogP contribution in [0.25, 0.3) is 0 Å². The third-order valence-corrected chi connectivity index (χ3v) is 5.37. The molecule has 9 heteroatoms. The van der Waals surface area contributed by atoms with Crippen molar-refractivity contribution in [2.75, 3.05) is 5.32 Å². The first kappa shape index (κ1) is 20.1. The van der Waals surface area contributed by atoms with Crippen LogP contribution in [0.4, 0.5) is 11.4 Å². The quantitative estimate of drug-likeness (QED) is 0.373. The predicted octanol–water partition coefficient (Wildman–Crippen LogP) is 6.10. The van der Waals surface area contributed by atoms with Crippen LogP contribution >= 0.6 is 34.5 Å². The molecule has 0 saturated heterocycles. The summed E-state index contributed by atoms with van der Waals surface area (Å²) in [7, 11) is 0. The van der Waals surface area contributed by atoms with Crippen LogP contribution in [0.1, 0.15) is 20.8 Å². The summed E-state index contributed by atoms with van der Waals surface area (Å²) in [4.78, 5) is 23.1. The van der Waals surface area contributed by atoms with Crippen molar-refractivity contribution in [3.05, 3.63) is 84.0 Å². The summed E-state index contributed by atoms with van der Waals surface area (Å²) >= 11 is 13.4. The lowest BCUT2D eigenvalue weighted by atomic mass is 10.2. The number of nitrogens with one attached hydrogen (secondary N) is 1. The van der Waals surface area contributed by atoms with Gasteiger partial charge in [0.2, 0.25) is 0 Å². The summed E-state index contributed by atoms with van der Waals surface area (Å²) < 4.78 is 5.73. The van der Waals surface area contributed by atoms with Crippen LogP contribution in [0.3, 0.4) is 0 Å². The van der Waals surface area contributed by atoms with Gasteiger partial charge in [0.25, 0.3) is 11.6 Å². The molecular formula is C19H14Cl2N2O4S. The van der Waals surface area contributed by atoms with Crippen molar-refractivity contribution < 1.29 is 14.5 Å². The molecule has 6 nitrogen and oxygen atoms in total. The summed E-state index contributed by atoms with van der Waals surface area (Å²) in [6.45, 7) is 2.21. The Morgan fingerprint density at radius 3 is 2.68 bits per heavy atom. The molecule has 3 rings (SSSR count). The minimum absolute atomic E-state index is 0.0942. The van der Waals surface area contributed by atoms with Crippen LogP contribution in [-0.4, -0.2) is 10.8 Å². The minimum Gasteiger partial charge on any atom is -0.487 e. The van der Waals surface area contributed by atoms with Crippen molar-refractivity contribution in [3.8, 4) is 5.75 Å². The van der Waals surface area contributed by atoms with Crippen molar-refractivity contribution in [1.29, 1.82) is 0 Å². The van der Waals surface area contributed by atoms with E-state index in [4.69, 9.17) is 27.9 Å². The molecule has 28 heavy (non-hydrogen) atoms. The second-order valence-electron chi connectivity index (χ2n) is 5.92. The summed E-state index contributed by atoms with van der Waals surface area (Å²) in [5.74, 6) is 0.220. The van der Waals surface area contributed by atoms with Gasteiger partial charge in [-0.3, -0.25) is 14.9 Å². The van der Waals surface area contributed by atoms with Crippen LogP contribution in [0.2, 0.25) is 10.0 Å². The molecule has 0 fully saturated rings. The van der Waals surface area contributed by atoms with E-state index in [1.54, 1.807) is 12.1 Å². The number of carbonyl (C=O) groups excluding carboxylic acids is 1. The number of rotatable bonds is 6. The fraction of sp³-hybridized carbons (Fsp3) is 0.105. The number of hydrogen-bond acceptors (Lipinski definition) is 5. The van der Waals surface area contributed by atoms with E-state index in [0.717, 1.165) is 11.1 Å². The highest BCUT2D eigenvalue weighted by atomic mass is 35.5. The Balaban J connectivity index is 1.65. The lowest BCUT2D eigenvalue weighted by Crippen LogP contribution is -2.10. The molecule has 3 aromatic rings. The van der Waals surface area contributed by atoms with E-state index in [1.165, 1.54) is 29.5 Å². The van der Waals surface area contributed by atoms with E-state index in [0.29, 0.717) is 21.3 Å². The van der Waals surface area contributed by atoms with E-state index >= 15 is 0 Å². The third-order valence-electron chi connectivity index (χ3n) is 3.77. The zero-order chi connectivity index (χ0) is 20.3. The van der Waals surface area contributed by atoms with Gasteiger partial charge in [-0.15, -0.1) is 11.3 Å². The van der Waals surface area contributed by atoms with Gasteiger partial charge in [-0.2, -0.15) is 0 Å². The van der Waals surface area contributed by atoms with Crippen LogP contribution in [0.15, 0.2) is 47.8 Å². The number of halogens is 2. The Kier molecular flexibility index (Phi) is 6.18. The standard InChI is InChI=1S/C19H14Cl2N2O4S/c1-11-2-4-14(20)17(6-11)27-9-12-7-18(28-10-12)19(24)22-16-5-3-13(23(25)26)8-15(16)21/h2-8,10H,9H2,1H3,(H,22,24). The number of nitro benzene ring substituents is 1. The number of carbonyl (C=O) groups is 1. The Labute approximate surface area is 174 Å². The molecule has 0 aliphatic heterocycles. The highest BCUT2D eigenvalue weighted by molar-refractivity contribution is 7.12. The van der Waals surface area contributed by atoms with Gasteiger partial charge in [0.05, 0.1) is 25.5 Å². The molecule has 1 amide bonds. The topological polar surface area (TPSA) is 81.5 Å². The van der Waals surface area contributed by atoms with Crippen molar-refractivity contribution in [1.82, 2.24) is 0 Å². The van der Waals surface area contributed by atoms with Gasteiger partial charge >= 0.3 is 0 Å². The van der Waals surface area contributed by atoms with Crippen LogP contribution in [0.5, 0.6) is 5.75 Å². The van der Waals surface area contributed by atoms with Crippen LogP contribution < -0.4 is 10.1 Å². The first-order chi connectivity index (χ1) is 13.3. The monoisotopic (exact) mass is 436 g/mol. The van der Waals surface area contributed by atoms with E-state index in [9.17, 15) is 14.9 Å². The molecule has 1 heterocycles. The smallest absolute Gasteiger partial charge is 0.271 e. The molecular weight excluding hydrogens is 423 g/mol. The second-order valence-corrected chi connectivity index (χ2v) is 7.64. The Morgan fingerprint density at radius 2 is 1.96 bits per heavy atom. The Bertz CT molecular complexity index is 1050. The highest BCUT2D eigenvalue weighted by Gasteiger charge is 2.14. The van der Waals surface area contributed by atoms with E-state index in [-0.39, 0.29) is 23.2 Å². The van der Waals surface area contributed by atoms with Gasteiger partial charge in [-0.05, 0) is 42.1 Å². The first-order valence-electron chi connectivity index (χ1n) is 8.05. The summed E-state index contributed by atoms with van der Waals surface area (Å²) in [6, 6.07) is 11.1. The molecule has 144 valence electrons. The maximum Gasteiger partial charge on any atom is 0.271 e. The molecule has 2 aromatic carbocycles. The highest BCUT2D eigenvalue weighted by Crippen LogP contribution is 2.29. The number of nitrogens with zero attached hydrogens (tertiary/aromatic N) is 1. The number of aryl methyl sites for hydroxylation is 1. The molecule has 0 unspecified atom stereocenters.